The number of rotatable bonds is 3. The fraction of sp³-hybridized carbons (Fsp3) is 1.00. The molecule has 0 aromatic heterocycles. The fourth-order valence-corrected chi connectivity index (χ4v) is 11.8. The summed E-state index contributed by atoms with van der Waals surface area (Å²) < 4.78 is 0. The molecule has 0 aromatic carbocycles. The average molecular weight is 449 g/mol. The van der Waals surface area contributed by atoms with Gasteiger partial charge in [0.05, 0.1) is 0 Å². The Morgan fingerprint density at radius 1 is 0.226 bits per heavy atom. The lowest BCUT2D eigenvalue weighted by Crippen LogP contribution is -2.25. The van der Waals surface area contributed by atoms with Crippen molar-refractivity contribution in [3.63, 3.8) is 0 Å². The number of hydrogen-bond acceptors (Lipinski definition) is 0. The van der Waals surface area contributed by atoms with Gasteiger partial charge in [-0.2, -0.15) is 0 Å². The first kappa shape index (κ1) is 26.0. The minimum atomic E-state index is 0.237. The van der Waals surface area contributed by atoms with E-state index in [4.69, 9.17) is 0 Å². The van der Waals surface area contributed by atoms with E-state index in [0.717, 1.165) is 17.0 Å². The Hall–Kier alpha value is 0.430. The molecule has 0 atom stereocenters. The summed E-state index contributed by atoms with van der Waals surface area (Å²) in [7, 11) is 0.237. The van der Waals surface area contributed by atoms with Crippen LogP contribution < -0.4 is 0 Å². The van der Waals surface area contributed by atoms with Crippen molar-refractivity contribution in [1.29, 1.82) is 0 Å². The van der Waals surface area contributed by atoms with Gasteiger partial charge in [0.25, 0.3) is 0 Å². The lowest BCUT2D eigenvalue weighted by atomic mass is 10.00. The maximum atomic E-state index is 1.61. The summed E-state index contributed by atoms with van der Waals surface area (Å²) in [6.07, 6.45) is 41.9. The van der Waals surface area contributed by atoms with Gasteiger partial charge in [0.2, 0.25) is 0 Å². The molecule has 0 nitrogen and oxygen atoms in total. The lowest BCUT2D eigenvalue weighted by Gasteiger charge is -2.42. The Morgan fingerprint density at radius 3 is 0.581 bits per heavy atom. The third kappa shape index (κ3) is 10.5. The molecular weight excluding hydrogens is 391 g/mol. The predicted octanol–water partition coefficient (Wildman–Crippen LogP) is 11.1. The van der Waals surface area contributed by atoms with Crippen molar-refractivity contribution in [2.24, 2.45) is 0 Å². The molecule has 0 saturated heterocycles. The summed E-state index contributed by atoms with van der Waals surface area (Å²) in [6, 6.07) is 0. The molecule has 182 valence electrons. The van der Waals surface area contributed by atoms with Gasteiger partial charge in [-0.1, -0.05) is 143 Å². The van der Waals surface area contributed by atoms with Crippen molar-refractivity contribution in [3.05, 3.63) is 0 Å². The Bertz CT molecular complexity index is 327. The highest BCUT2D eigenvalue weighted by atomic mass is 31.1. The fourth-order valence-electron chi connectivity index (χ4n) is 7.15. The van der Waals surface area contributed by atoms with Gasteiger partial charge in [0.1, 0.15) is 0 Å². The molecule has 0 unspecified atom stereocenters. The van der Waals surface area contributed by atoms with Crippen molar-refractivity contribution >= 4 is 7.92 Å². The van der Waals surface area contributed by atoms with Gasteiger partial charge in [-0.3, -0.25) is 0 Å². The molecule has 3 rings (SSSR count). The summed E-state index contributed by atoms with van der Waals surface area (Å²) in [5.74, 6) is 0. The van der Waals surface area contributed by atoms with Crippen LogP contribution in [0.1, 0.15) is 173 Å². The molecule has 0 heterocycles. The zero-order chi connectivity index (χ0) is 21.4. The van der Waals surface area contributed by atoms with E-state index in [1.807, 2.05) is 0 Å². The molecule has 3 fully saturated rings. The third-order valence-corrected chi connectivity index (χ3v) is 13.1. The number of hydrogen-bond donors (Lipinski definition) is 0. The van der Waals surface area contributed by atoms with E-state index >= 15 is 0 Å². The minimum Gasteiger partial charge on any atom is -0.0971 e. The second-order valence-electron chi connectivity index (χ2n) is 11.6. The molecule has 0 aromatic rings. The predicted molar refractivity (Wildman–Crippen MR) is 143 cm³/mol. The first-order valence-corrected chi connectivity index (χ1v) is 16.8. The Kier molecular flexibility index (Phi) is 14.2. The SMILES string of the molecule is C1CCCCC(P(C2CCCCCCCCC2)C2CCCCCCCCC2)CCCC1. The summed E-state index contributed by atoms with van der Waals surface area (Å²) >= 11 is 0. The summed E-state index contributed by atoms with van der Waals surface area (Å²) in [5.41, 5.74) is 3.40. The zero-order valence-corrected chi connectivity index (χ0v) is 22.2. The topological polar surface area (TPSA) is 0 Å². The molecule has 3 aliphatic rings. The lowest BCUT2D eigenvalue weighted by molar-refractivity contribution is 0.475. The molecule has 3 aliphatic carbocycles. The highest BCUT2D eigenvalue weighted by Gasteiger charge is 2.34. The van der Waals surface area contributed by atoms with Crippen LogP contribution >= 0.6 is 7.92 Å². The maximum absolute atomic E-state index is 1.61. The van der Waals surface area contributed by atoms with Crippen LogP contribution in [-0.2, 0) is 0 Å². The Morgan fingerprint density at radius 2 is 0.387 bits per heavy atom. The highest BCUT2D eigenvalue weighted by Crippen LogP contribution is 2.60. The van der Waals surface area contributed by atoms with Gasteiger partial charge in [-0.25, -0.2) is 0 Å². The standard InChI is InChI=1S/C30H57P/c1-4-10-16-22-28(23-17-11-5-1)31(29-24-18-12-6-2-7-13-19-25-29)30-26-20-14-8-3-9-15-21-27-30/h28-30H,1-27H2. The molecule has 0 amide bonds. The van der Waals surface area contributed by atoms with Crippen molar-refractivity contribution < 1.29 is 0 Å². The van der Waals surface area contributed by atoms with Gasteiger partial charge in [-0.15, -0.1) is 0 Å². The summed E-state index contributed by atoms with van der Waals surface area (Å²) in [5, 5.41) is 0. The van der Waals surface area contributed by atoms with Crippen LogP contribution in [0.3, 0.4) is 0 Å². The molecule has 0 aliphatic heterocycles. The molecule has 0 bridgehead atoms. The van der Waals surface area contributed by atoms with E-state index in [1.165, 1.54) is 96.3 Å². The van der Waals surface area contributed by atoms with Crippen molar-refractivity contribution in [2.45, 2.75) is 190 Å². The monoisotopic (exact) mass is 448 g/mol. The first-order valence-electron chi connectivity index (χ1n) is 15.2. The van der Waals surface area contributed by atoms with E-state index < -0.39 is 0 Å². The normalized spacial score (nSPS) is 27.0. The van der Waals surface area contributed by atoms with E-state index in [9.17, 15) is 0 Å². The summed E-state index contributed by atoms with van der Waals surface area (Å²) in [4.78, 5) is 0. The van der Waals surface area contributed by atoms with Gasteiger partial charge < -0.3 is 0 Å². The molecule has 0 N–H and O–H groups in total. The Labute approximate surface area is 198 Å². The highest BCUT2D eigenvalue weighted by molar-refractivity contribution is 7.59. The van der Waals surface area contributed by atoms with Crippen LogP contribution in [-0.4, -0.2) is 17.0 Å². The molecule has 3 saturated carbocycles. The van der Waals surface area contributed by atoms with E-state index in [-0.39, 0.29) is 7.92 Å². The van der Waals surface area contributed by atoms with Crippen LogP contribution in [0.25, 0.3) is 0 Å². The average Bonchev–Trinajstić information content (AvgIpc) is 2.81. The molecule has 0 spiro atoms. The first-order chi connectivity index (χ1) is 15.4. The minimum absolute atomic E-state index is 0.237. The second-order valence-corrected chi connectivity index (χ2v) is 14.7. The van der Waals surface area contributed by atoms with Gasteiger partial charge >= 0.3 is 0 Å². The van der Waals surface area contributed by atoms with Gasteiger partial charge in [-0.05, 0) is 55.5 Å². The van der Waals surface area contributed by atoms with Crippen molar-refractivity contribution in [3.8, 4) is 0 Å². The van der Waals surface area contributed by atoms with Crippen LogP contribution in [0, 0.1) is 0 Å². The smallest absolute Gasteiger partial charge is 0.0204 e. The molecule has 0 radical (unpaired) electrons. The molecule has 31 heavy (non-hydrogen) atoms. The van der Waals surface area contributed by atoms with Crippen LogP contribution in [0.15, 0.2) is 0 Å². The van der Waals surface area contributed by atoms with Crippen molar-refractivity contribution in [2.75, 3.05) is 0 Å². The van der Waals surface area contributed by atoms with Crippen LogP contribution in [0.4, 0.5) is 0 Å². The molecule has 1 heteroatoms. The zero-order valence-electron chi connectivity index (χ0n) is 21.3. The van der Waals surface area contributed by atoms with E-state index in [0.29, 0.717) is 0 Å². The van der Waals surface area contributed by atoms with Crippen LogP contribution in [0.2, 0.25) is 0 Å². The van der Waals surface area contributed by atoms with Crippen molar-refractivity contribution in [1.82, 2.24) is 0 Å². The maximum Gasteiger partial charge on any atom is -0.0204 e. The Balaban J connectivity index is 1.74. The van der Waals surface area contributed by atoms with Gasteiger partial charge in [0, 0.05) is 0 Å². The second kappa shape index (κ2) is 17.0. The van der Waals surface area contributed by atoms with E-state index in [2.05, 4.69) is 0 Å². The van der Waals surface area contributed by atoms with Crippen LogP contribution in [0.5, 0.6) is 0 Å². The van der Waals surface area contributed by atoms with E-state index in [1.54, 1.807) is 77.0 Å². The third-order valence-electron chi connectivity index (χ3n) is 8.99. The largest absolute Gasteiger partial charge is 0.0971 e. The summed E-state index contributed by atoms with van der Waals surface area (Å²) in [6.45, 7) is 0. The quantitative estimate of drug-likeness (QED) is 0.376. The van der Waals surface area contributed by atoms with Gasteiger partial charge in [0.15, 0.2) is 0 Å². The molecular formula is C30H57P.